The van der Waals surface area contributed by atoms with Crippen LogP contribution in [0.4, 0.5) is 3.89 Å². The van der Waals surface area contributed by atoms with Gasteiger partial charge in [-0.25, -0.2) is 0 Å². The third-order valence-electron chi connectivity index (χ3n) is 2.64. The molecule has 3 N–H and O–H groups in total. The minimum absolute atomic E-state index is 0.0960. The fourth-order valence-electron chi connectivity index (χ4n) is 1.57. The molecule has 1 aromatic rings. The number of nitrogens with zero attached hydrogens (tertiary/aromatic N) is 3. The van der Waals surface area contributed by atoms with Gasteiger partial charge in [0.25, 0.3) is 5.16 Å². The van der Waals surface area contributed by atoms with Crippen LogP contribution in [0.25, 0.3) is 0 Å². The Kier molecular flexibility index (Phi) is 2.92. The molecular formula is C8H13FN4O3S. The van der Waals surface area contributed by atoms with Crippen molar-refractivity contribution in [2.45, 2.75) is 43.1 Å². The number of hydrogen-bond acceptors (Lipinski definition) is 6. The van der Waals surface area contributed by atoms with Crippen LogP contribution in [0, 0.1) is 0 Å². The number of aromatic nitrogens is 3. The van der Waals surface area contributed by atoms with Crippen molar-refractivity contribution in [3.8, 4) is 0 Å². The topological polar surface area (TPSA) is 111 Å². The van der Waals surface area contributed by atoms with Gasteiger partial charge in [-0.1, -0.05) is 3.89 Å². The largest absolute Gasteiger partial charge is 0.391 e. The van der Waals surface area contributed by atoms with Crippen LogP contribution in [0.1, 0.15) is 37.7 Å². The van der Waals surface area contributed by atoms with Gasteiger partial charge in [-0.15, -0.1) is 10.2 Å². The number of aliphatic hydroxyl groups is 1. The maximum absolute atomic E-state index is 13.0. The first kappa shape index (κ1) is 12.4. The van der Waals surface area contributed by atoms with E-state index in [4.69, 9.17) is 5.73 Å². The zero-order valence-electron chi connectivity index (χ0n) is 9.12. The normalized spacial score (nSPS) is 20.2. The van der Waals surface area contributed by atoms with Gasteiger partial charge in [0.1, 0.15) is 0 Å². The Morgan fingerprint density at radius 3 is 2.53 bits per heavy atom. The van der Waals surface area contributed by atoms with Crippen LogP contribution in [0.3, 0.4) is 0 Å². The Bertz CT molecular complexity index is 523. The molecule has 1 aliphatic rings. The summed E-state index contributed by atoms with van der Waals surface area (Å²) in [6.45, 7) is 1.44. The summed E-state index contributed by atoms with van der Waals surface area (Å²) in [6, 6.07) is -1.04. The maximum atomic E-state index is 13.0. The van der Waals surface area contributed by atoms with E-state index in [1.165, 1.54) is 11.5 Å². The highest BCUT2D eigenvalue weighted by Crippen LogP contribution is 2.39. The molecule has 0 aliphatic heterocycles. The second-order valence-electron chi connectivity index (χ2n) is 4.15. The van der Waals surface area contributed by atoms with Crippen LogP contribution in [0.2, 0.25) is 0 Å². The molecule has 0 amide bonds. The predicted molar refractivity (Wildman–Crippen MR) is 55.2 cm³/mol. The molecule has 0 radical (unpaired) electrons. The average Bonchev–Trinajstić information content (AvgIpc) is 2.94. The predicted octanol–water partition coefficient (Wildman–Crippen LogP) is -0.348. The van der Waals surface area contributed by atoms with Crippen molar-refractivity contribution in [2.75, 3.05) is 0 Å². The van der Waals surface area contributed by atoms with Crippen LogP contribution >= 0.6 is 0 Å². The molecule has 0 bridgehead atoms. The number of halogens is 1. The molecule has 96 valence electrons. The van der Waals surface area contributed by atoms with Gasteiger partial charge >= 0.3 is 10.2 Å². The SMILES string of the molecule is C[C@H](O)[C@H](N)c1nnc(S(=O)(=O)F)n1C1CC1. The number of rotatable bonds is 4. The summed E-state index contributed by atoms with van der Waals surface area (Å²) in [6.07, 6.45) is 0.520. The molecular weight excluding hydrogens is 251 g/mol. The lowest BCUT2D eigenvalue weighted by Crippen LogP contribution is -2.27. The first-order chi connectivity index (χ1) is 7.82. The molecule has 1 fully saturated rings. The van der Waals surface area contributed by atoms with E-state index in [1.54, 1.807) is 0 Å². The molecule has 1 aromatic heterocycles. The van der Waals surface area contributed by atoms with E-state index >= 15 is 0 Å². The van der Waals surface area contributed by atoms with Crippen LogP contribution in [-0.4, -0.2) is 34.4 Å². The lowest BCUT2D eigenvalue weighted by atomic mass is 10.2. The quantitative estimate of drug-likeness (QED) is 0.719. The van der Waals surface area contributed by atoms with Crippen molar-refractivity contribution in [2.24, 2.45) is 5.73 Å². The molecule has 7 nitrogen and oxygen atoms in total. The number of nitrogens with two attached hydrogens (primary N) is 1. The van der Waals surface area contributed by atoms with Gasteiger partial charge in [0, 0.05) is 6.04 Å². The van der Waals surface area contributed by atoms with Crippen LogP contribution in [-0.2, 0) is 10.2 Å². The summed E-state index contributed by atoms with van der Waals surface area (Å²) >= 11 is 0. The molecule has 17 heavy (non-hydrogen) atoms. The first-order valence-corrected chi connectivity index (χ1v) is 6.54. The van der Waals surface area contributed by atoms with Gasteiger partial charge in [0.05, 0.1) is 12.1 Å². The van der Waals surface area contributed by atoms with E-state index in [2.05, 4.69) is 10.2 Å². The third kappa shape index (κ3) is 2.31. The van der Waals surface area contributed by atoms with Crippen molar-refractivity contribution in [3.05, 3.63) is 5.82 Å². The summed E-state index contributed by atoms with van der Waals surface area (Å²) in [7, 11) is -4.92. The summed E-state index contributed by atoms with van der Waals surface area (Å²) in [5.41, 5.74) is 5.67. The monoisotopic (exact) mass is 264 g/mol. The summed E-state index contributed by atoms with van der Waals surface area (Å²) in [5, 5.41) is 15.5. The molecule has 2 atom stereocenters. The Labute approximate surface area is 97.7 Å². The number of aliphatic hydroxyl groups excluding tert-OH is 1. The van der Waals surface area contributed by atoms with Crippen molar-refractivity contribution >= 4 is 10.2 Å². The molecule has 0 saturated heterocycles. The lowest BCUT2D eigenvalue weighted by Gasteiger charge is -2.15. The minimum Gasteiger partial charge on any atom is -0.391 e. The van der Waals surface area contributed by atoms with Crippen LogP contribution in [0.5, 0.6) is 0 Å². The van der Waals surface area contributed by atoms with Crippen molar-refractivity contribution in [1.82, 2.24) is 14.8 Å². The van der Waals surface area contributed by atoms with Gasteiger partial charge in [-0.2, -0.15) is 8.42 Å². The average molecular weight is 264 g/mol. The number of hydrogen-bond donors (Lipinski definition) is 2. The van der Waals surface area contributed by atoms with E-state index in [0.717, 1.165) is 12.8 Å². The van der Waals surface area contributed by atoms with E-state index in [-0.39, 0.29) is 11.9 Å². The van der Waals surface area contributed by atoms with E-state index < -0.39 is 27.5 Å². The Hall–Kier alpha value is -1.06. The molecule has 0 aromatic carbocycles. The highest BCUT2D eigenvalue weighted by Gasteiger charge is 2.36. The maximum Gasteiger partial charge on any atom is 0.368 e. The zero-order chi connectivity index (χ0) is 12.8. The van der Waals surface area contributed by atoms with E-state index in [9.17, 15) is 17.4 Å². The summed E-state index contributed by atoms with van der Waals surface area (Å²) in [5.74, 6) is 0.0960. The highest BCUT2D eigenvalue weighted by atomic mass is 32.3. The van der Waals surface area contributed by atoms with Gasteiger partial charge in [0.15, 0.2) is 5.82 Å². The lowest BCUT2D eigenvalue weighted by molar-refractivity contribution is 0.158. The fourth-order valence-corrected chi connectivity index (χ4v) is 2.19. The summed E-state index contributed by atoms with van der Waals surface area (Å²) in [4.78, 5) is 0. The molecule has 0 spiro atoms. The molecule has 0 unspecified atom stereocenters. The fraction of sp³-hybridized carbons (Fsp3) is 0.750. The van der Waals surface area contributed by atoms with Gasteiger partial charge < -0.3 is 10.8 Å². The van der Waals surface area contributed by atoms with Gasteiger partial charge in [-0.05, 0) is 19.8 Å². The van der Waals surface area contributed by atoms with E-state index in [1.807, 2.05) is 0 Å². The van der Waals surface area contributed by atoms with Gasteiger partial charge in [0.2, 0.25) is 0 Å². The standard InChI is InChI=1S/C8H13FN4O3S/c1-4(14)6(10)7-11-12-8(17(9,15)16)13(7)5-2-3-5/h4-6,14H,2-3,10H2,1H3/t4-,6-/m0/s1. The van der Waals surface area contributed by atoms with Crippen LogP contribution in [0.15, 0.2) is 5.16 Å². The minimum atomic E-state index is -4.92. The third-order valence-corrected chi connectivity index (χ3v) is 3.35. The molecule has 1 aliphatic carbocycles. The van der Waals surface area contributed by atoms with Crippen molar-refractivity contribution < 1.29 is 17.4 Å². The van der Waals surface area contributed by atoms with Crippen molar-refractivity contribution in [1.29, 1.82) is 0 Å². The van der Waals surface area contributed by atoms with Gasteiger partial charge in [-0.3, -0.25) is 4.57 Å². The Morgan fingerprint density at radius 1 is 1.53 bits per heavy atom. The molecule has 1 heterocycles. The highest BCUT2D eigenvalue weighted by molar-refractivity contribution is 7.86. The molecule has 9 heteroatoms. The molecule has 2 rings (SSSR count). The Morgan fingerprint density at radius 2 is 2.12 bits per heavy atom. The Balaban J connectivity index is 2.51. The summed E-state index contributed by atoms with van der Waals surface area (Å²) < 4.78 is 36.0. The first-order valence-electron chi connectivity index (χ1n) is 5.15. The molecule has 1 saturated carbocycles. The van der Waals surface area contributed by atoms with Crippen molar-refractivity contribution in [3.63, 3.8) is 0 Å². The second-order valence-corrected chi connectivity index (χ2v) is 5.39. The smallest absolute Gasteiger partial charge is 0.368 e. The second kappa shape index (κ2) is 4.00. The van der Waals surface area contributed by atoms with E-state index in [0.29, 0.717) is 0 Å². The zero-order valence-corrected chi connectivity index (χ0v) is 9.93. The van der Waals surface area contributed by atoms with Crippen LogP contribution < -0.4 is 5.73 Å².